The molecule has 0 unspecified atom stereocenters. The maximum Gasteiger partial charge on any atom is 0.264 e. The SMILES string of the molecule is CCCCNC(=O)[C@H](Cc1ccccc1)N(Cc1ccc(F)cc1)C(=O)CN(c1ccc(C)c(C)c1)S(=O)(=O)c1ccc(C)cc1. The van der Waals surface area contributed by atoms with Gasteiger partial charge in [-0.2, -0.15) is 0 Å². The molecule has 0 heterocycles. The quantitative estimate of drug-likeness (QED) is 0.159. The van der Waals surface area contributed by atoms with Gasteiger partial charge in [-0.05, 0) is 85.8 Å². The van der Waals surface area contributed by atoms with Crippen LogP contribution in [0, 0.1) is 26.6 Å². The van der Waals surface area contributed by atoms with Gasteiger partial charge in [-0.1, -0.05) is 79.6 Å². The number of carbonyl (C=O) groups is 2. The molecule has 2 amide bonds. The Labute approximate surface area is 272 Å². The number of hydrogen-bond acceptors (Lipinski definition) is 4. The molecule has 0 bridgehead atoms. The zero-order chi connectivity index (χ0) is 33.3. The smallest absolute Gasteiger partial charge is 0.264 e. The molecule has 1 N–H and O–H groups in total. The van der Waals surface area contributed by atoms with Crippen LogP contribution in [-0.4, -0.2) is 44.3 Å². The van der Waals surface area contributed by atoms with Crippen LogP contribution in [0.3, 0.4) is 0 Å². The molecule has 0 aliphatic carbocycles. The summed E-state index contributed by atoms with van der Waals surface area (Å²) in [5.74, 6) is -1.33. The number of halogens is 1. The van der Waals surface area contributed by atoms with E-state index in [1.807, 2.05) is 64.1 Å². The van der Waals surface area contributed by atoms with E-state index in [0.29, 0.717) is 17.8 Å². The predicted molar refractivity (Wildman–Crippen MR) is 180 cm³/mol. The minimum Gasteiger partial charge on any atom is -0.354 e. The molecule has 0 radical (unpaired) electrons. The number of carbonyl (C=O) groups excluding carboxylic acids is 2. The van der Waals surface area contributed by atoms with Crippen LogP contribution in [0.2, 0.25) is 0 Å². The van der Waals surface area contributed by atoms with E-state index in [1.165, 1.54) is 29.2 Å². The summed E-state index contributed by atoms with van der Waals surface area (Å²) >= 11 is 0. The van der Waals surface area contributed by atoms with Crippen molar-refractivity contribution in [3.63, 3.8) is 0 Å². The highest BCUT2D eigenvalue weighted by molar-refractivity contribution is 7.92. The summed E-state index contributed by atoms with van der Waals surface area (Å²) < 4.78 is 43.4. The second-order valence-corrected chi connectivity index (χ2v) is 13.5. The van der Waals surface area contributed by atoms with Gasteiger partial charge < -0.3 is 10.2 Å². The van der Waals surface area contributed by atoms with Crippen molar-refractivity contribution in [2.45, 2.75) is 64.4 Å². The van der Waals surface area contributed by atoms with Gasteiger partial charge in [-0.3, -0.25) is 13.9 Å². The number of hydrogen-bond donors (Lipinski definition) is 1. The van der Waals surface area contributed by atoms with Crippen molar-refractivity contribution in [1.29, 1.82) is 0 Å². The molecule has 9 heteroatoms. The van der Waals surface area contributed by atoms with Crippen molar-refractivity contribution in [1.82, 2.24) is 10.2 Å². The highest BCUT2D eigenvalue weighted by Gasteiger charge is 2.34. The van der Waals surface area contributed by atoms with Crippen LogP contribution in [0.1, 0.15) is 47.6 Å². The van der Waals surface area contributed by atoms with Gasteiger partial charge >= 0.3 is 0 Å². The van der Waals surface area contributed by atoms with Crippen molar-refractivity contribution in [2.75, 3.05) is 17.4 Å². The van der Waals surface area contributed by atoms with Crippen molar-refractivity contribution in [3.8, 4) is 0 Å². The number of benzene rings is 4. The van der Waals surface area contributed by atoms with Crippen molar-refractivity contribution >= 4 is 27.5 Å². The summed E-state index contributed by atoms with van der Waals surface area (Å²) in [5, 5.41) is 2.97. The lowest BCUT2D eigenvalue weighted by molar-refractivity contribution is -0.140. The number of sulfonamides is 1. The fourth-order valence-corrected chi connectivity index (χ4v) is 6.50. The highest BCUT2D eigenvalue weighted by atomic mass is 32.2. The Bertz CT molecular complexity index is 1730. The monoisotopic (exact) mass is 643 g/mol. The fourth-order valence-electron chi connectivity index (χ4n) is 5.09. The Hall–Kier alpha value is -4.50. The number of nitrogens with zero attached hydrogens (tertiary/aromatic N) is 2. The molecule has 0 aliphatic rings. The number of aryl methyl sites for hydroxylation is 3. The minimum absolute atomic E-state index is 0.0246. The van der Waals surface area contributed by atoms with Crippen LogP contribution >= 0.6 is 0 Å². The normalized spacial score (nSPS) is 11.9. The second kappa shape index (κ2) is 15.7. The van der Waals surface area contributed by atoms with Crippen LogP contribution in [0.15, 0.2) is 102 Å². The van der Waals surface area contributed by atoms with Gasteiger partial charge in [-0.15, -0.1) is 0 Å². The summed E-state index contributed by atoms with van der Waals surface area (Å²) in [7, 11) is -4.19. The lowest BCUT2D eigenvalue weighted by Crippen LogP contribution is -2.53. The first kappa shape index (κ1) is 34.4. The molecule has 4 rings (SSSR count). The first-order chi connectivity index (χ1) is 22.0. The molecule has 242 valence electrons. The van der Waals surface area contributed by atoms with Crippen LogP contribution in [0.5, 0.6) is 0 Å². The summed E-state index contributed by atoms with van der Waals surface area (Å²) in [6.45, 7) is 7.57. The summed E-state index contributed by atoms with van der Waals surface area (Å²) in [4.78, 5) is 29.8. The van der Waals surface area contributed by atoms with E-state index in [2.05, 4.69) is 5.32 Å². The van der Waals surface area contributed by atoms with Crippen LogP contribution in [-0.2, 0) is 32.6 Å². The van der Waals surface area contributed by atoms with E-state index in [1.54, 1.807) is 36.4 Å². The molecular formula is C37H42FN3O4S. The number of nitrogens with one attached hydrogen (secondary N) is 1. The van der Waals surface area contributed by atoms with Crippen molar-refractivity contribution in [3.05, 3.63) is 131 Å². The Morgan fingerprint density at radius 1 is 0.826 bits per heavy atom. The highest BCUT2D eigenvalue weighted by Crippen LogP contribution is 2.27. The predicted octanol–water partition coefficient (Wildman–Crippen LogP) is 6.50. The fraction of sp³-hybridized carbons (Fsp3) is 0.297. The van der Waals surface area contributed by atoms with E-state index >= 15 is 0 Å². The van der Waals surface area contributed by atoms with Crippen molar-refractivity contribution < 1.29 is 22.4 Å². The van der Waals surface area contributed by atoms with Gasteiger partial charge in [0.15, 0.2) is 0 Å². The summed E-state index contributed by atoms with van der Waals surface area (Å²) in [5.41, 5.74) is 4.53. The molecule has 0 aliphatic heterocycles. The average Bonchev–Trinajstić information content (AvgIpc) is 3.04. The molecule has 7 nitrogen and oxygen atoms in total. The van der Waals surface area contributed by atoms with Gasteiger partial charge in [0.2, 0.25) is 11.8 Å². The van der Waals surface area contributed by atoms with Crippen LogP contribution < -0.4 is 9.62 Å². The van der Waals surface area contributed by atoms with Crippen molar-refractivity contribution in [2.24, 2.45) is 0 Å². The third kappa shape index (κ3) is 8.81. The molecule has 0 saturated carbocycles. The summed E-state index contributed by atoms with van der Waals surface area (Å²) in [6, 6.07) is 25.9. The lowest BCUT2D eigenvalue weighted by atomic mass is 10.0. The van der Waals surface area contributed by atoms with Gasteiger partial charge in [0, 0.05) is 19.5 Å². The number of amides is 2. The molecule has 0 aromatic heterocycles. The maximum atomic E-state index is 14.5. The summed E-state index contributed by atoms with van der Waals surface area (Å²) in [6.07, 6.45) is 1.86. The zero-order valence-electron chi connectivity index (χ0n) is 26.9. The number of unbranched alkanes of at least 4 members (excludes halogenated alkanes) is 1. The van der Waals surface area contributed by atoms with Gasteiger partial charge in [-0.25, -0.2) is 12.8 Å². The Morgan fingerprint density at radius 2 is 1.50 bits per heavy atom. The van der Waals surface area contributed by atoms with Crippen LogP contribution in [0.25, 0.3) is 0 Å². The van der Waals surface area contributed by atoms with E-state index in [4.69, 9.17) is 0 Å². The minimum atomic E-state index is -4.19. The molecule has 1 atom stereocenters. The van der Waals surface area contributed by atoms with Gasteiger partial charge in [0.25, 0.3) is 10.0 Å². The molecule has 4 aromatic rings. The first-order valence-electron chi connectivity index (χ1n) is 15.5. The van der Waals surface area contributed by atoms with E-state index in [0.717, 1.165) is 39.4 Å². The molecule has 4 aromatic carbocycles. The molecular weight excluding hydrogens is 601 g/mol. The van der Waals surface area contributed by atoms with E-state index < -0.39 is 34.3 Å². The molecule has 0 saturated heterocycles. The Morgan fingerprint density at radius 3 is 2.13 bits per heavy atom. The zero-order valence-corrected chi connectivity index (χ0v) is 27.7. The second-order valence-electron chi connectivity index (χ2n) is 11.6. The lowest BCUT2D eigenvalue weighted by Gasteiger charge is -2.34. The maximum absolute atomic E-state index is 14.5. The van der Waals surface area contributed by atoms with Crippen LogP contribution in [0.4, 0.5) is 10.1 Å². The third-order valence-electron chi connectivity index (χ3n) is 8.03. The van der Waals surface area contributed by atoms with E-state index in [9.17, 15) is 22.4 Å². The largest absolute Gasteiger partial charge is 0.354 e. The molecule has 0 fully saturated rings. The average molecular weight is 644 g/mol. The Kier molecular flexibility index (Phi) is 11.7. The molecule has 46 heavy (non-hydrogen) atoms. The third-order valence-corrected chi connectivity index (χ3v) is 9.82. The number of anilines is 1. The topological polar surface area (TPSA) is 86.8 Å². The standard InChI is InChI=1S/C37H42FN3O4S/c1-5-6-22-39-37(43)35(24-30-10-8-7-9-11-30)40(25-31-15-17-32(38)18-16-31)36(42)26-41(33-19-14-28(3)29(4)23-33)46(44,45)34-20-12-27(2)13-21-34/h7-21,23,35H,5-6,22,24-26H2,1-4H3,(H,39,43)/t35-/m0/s1. The number of rotatable bonds is 14. The van der Waals surface area contributed by atoms with E-state index in [-0.39, 0.29) is 23.8 Å². The molecule has 0 spiro atoms. The van der Waals surface area contributed by atoms with Gasteiger partial charge in [0.05, 0.1) is 10.6 Å². The first-order valence-corrected chi connectivity index (χ1v) is 17.0. The van der Waals surface area contributed by atoms with Gasteiger partial charge in [0.1, 0.15) is 18.4 Å². The Balaban J connectivity index is 1.80.